The monoisotopic (exact) mass is 383 g/mol. The maximum atomic E-state index is 12.0. The van der Waals surface area contributed by atoms with Gasteiger partial charge in [0.2, 0.25) is 15.9 Å². The molecule has 0 unspecified atom stereocenters. The van der Waals surface area contributed by atoms with Gasteiger partial charge in [0.15, 0.2) is 0 Å². The van der Waals surface area contributed by atoms with Crippen LogP contribution in [0.5, 0.6) is 0 Å². The van der Waals surface area contributed by atoms with Crippen molar-refractivity contribution in [2.24, 2.45) is 0 Å². The predicted molar refractivity (Wildman–Crippen MR) is 104 cm³/mol. The fraction of sp³-hybridized carbons (Fsp3) is 0.0556. The number of sulfonamides is 1. The van der Waals surface area contributed by atoms with E-state index in [1.807, 2.05) is 12.1 Å². The van der Waals surface area contributed by atoms with Gasteiger partial charge in [-0.15, -0.1) is 0 Å². The first-order valence-electron chi connectivity index (χ1n) is 7.91. The first-order chi connectivity index (χ1) is 12.9. The molecule has 1 aromatic heterocycles. The molecule has 0 radical (unpaired) electrons. The Morgan fingerprint density at radius 3 is 2.30 bits per heavy atom. The highest BCUT2D eigenvalue weighted by Gasteiger charge is 2.02. The van der Waals surface area contributed by atoms with Gasteiger partial charge in [-0.2, -0.15) is 5.10 Å². The third-order valence-corrected chi connectivity index (χ3v) is 4.07. The molecule has 2 N–H and O–H groups in total. The van der Waals surface area contributed by atoms with Crippen LogP contribution in [0.15, 0.2) is 67.3 Å². The van der Waals surface area contributed by atoms with Crippen LogP contribution < -0.4 is 10.0 Å². The summed E-state index contributed by atoms with van der Waals surface area (Å²) in [5.41, 5.74) is 2.72. The SMILES string of the molecule is CS(=O)(=O)Nc1ccc(/C=C/C(=O)Nc2ccc(-n3cncn3)cc2)cc1. The van der Waals surface area contributed by atoms with E-state index in [2.05, 4.69) is 20.1 Å². The average molecular weight is 383 g/mol. The van der Waals surface area contributed by atoms with Crippen LogP contribution in [0.4, 0.5) is 11.4 Å². The maximum absolute atomic E-state index is 12.0. The maximum Gasteiger partial charge on any atom is 0.248 e. The molecule has 0 spiro atoms. The van der Waals surface area contributed by atoms with E-state index in [1.165, 1.54) is 12.4 Å². The summed E-state index contributed by atoms with van der Waals surface area (Å²) in [6.07, 6.45) is 7.18. The number of nitrogens with one attached hydrogen (secondary N) is 2. The van der Waals surface area contributed by atoms with Crippen molar-refractivity contribution in [1.29, 1.82) is 0 Å². The largest absolute Gasteiger partial charge is 0.323 e. The first-order valence-corrected chi connectivity index (χ1v) is 9.80. The van der Waals surface area contributed by atoms with Crippen LogP contribution in [0.1, 0.15) is 5.56 Å². The normalized spacial score (nSPS) is 11.4. The highest BCUT2D eigenvalue weighted by atomic mass is 32.2. The Kier molecular flexibility index (Phi) is 5.32. The summed E-state index contributed by atoms with van der Waals surface area (Å²) in [5, 5.41) is 6.80. The number of amides is 1. The fourth-order valence-corrected chi connectivity index (χ4v) is 2.84. The molecule has 138 valence electrons. The number of aromatic nitrogens is 3. The molecule has 9 heteroatoms. The molecule has 0 aliphatic heterocycles. The molecule has 0 aliphatic carbocycles. The Morgan fingerprint density at radius 1 is 1.04 bits per heavy atom. The summed E-state index contributed by atoms with van der Waals surface area (Å²) >= 11 is 0. The standard InChI is InChI=1S/C18H17N5O3S/c1-27(25,26)22-16-5-2-14(3-6-16)4-11-18(24)21-15-7-9-17(10-8-15)23-13-19-12-20-23/h2-13,22H,1H3,(H,21,24)/b11-4+. The van der Waals surface area contributed by atoms with Gasteiger partial charge in [0.05, 0.1) is 11.9 Å². The smallest absolute Gasteiger partial charge is 0.248 e. The number of carbonyl (C=O) groups is 1. The highest BCUT2D eigenvalue weighted by molar-refractivity contribution is 7.92. The van der Waals surface area contributed by atoms with Crippen molar-refractivity contribution >= 4 is 33.4 Å². The van der Waals surface area contributed by atoms with E-state index < -0.39 is 10.0 Å². The van der Waals surface area contributed by atoms with Gasteiger partial charge in [0.1, 0.15) is 12.7 Å². The lowest BCUT2D eigenvalue weighted by Gasteiger charge is -2.05. The second kappa shape index (κ2) is 7.83. The van der Waals surface area contributed by atoms with Gasteiger partial charge in [-0.3, -0.25) is 9.52 Å². The average Bonchev–Trinajstić information content (AvgIpc) is 3.15. The van der Waals surface area contributed by atoms with E-state index >= 15 is 0 Å². The molecular weight excluding hydrogens is 366 g/mol. The van der Waals surface area contributed by atoms with E-state index in [9.17, 15) is 13.2 Å². The van der Waals surface area contributed by atoms with E-state index in [0.717, 1.165) is 17.5 Å². The van der Waals surface area contributed by atoms with Gasteiger partial charge in [-0.05, 0) is 48.0 Å². The predicted octanol–water partition coefficient (Wildman–Crippen LogP) is 2.29. The molecule has 0 saturated carbocycles. The minimum absolute atomic E-state index is 0.276. The molecule has 8 nitrogen and oxygen atoms in total. The number of nitrogens with zero attached hydrogens (tertiary/aromatic N) is 3. The molecule has 0 aliphatic rings. The van der Waals surface area contributed by atoms with E-state index in [4.69, 9.17) is 0 Å². The summed E-state index contributed by atoms with van der Waals surface area (Å²) in [6, 6.07) is 13.9. The van der Waals surface area contributed by atoms with Gasteiger partial charge in [0.25, 0.3) is 0 Å². The Hall–Kier alpha value is -3.46. The van der Waals surface area contributed by atoms with Gasteiger partial charge in [-0.25, -0.2) is 18.1 Å². The molecule has 3 aromatic rings. The second-order valence-electron chi connectivity index (χ2n) is 5.71. The quantitative estimate of drug-likeness (QED) is 0.635. The zero-order valence-electron chi connectivity index (χ0n) is 14.4. The lowest BCUT2D eigenvalue weighted by Crippen LogP contribution is -2.09. The van der Waals surface area contributed by atoms with Gasteiger partial charge in [-0.1, -0.05) is 12.1 Å². The Balaban J connectivity index is 1.58. The van der Waals surface area contributed by atoms with Crippen molar-refractivity contribution in [1.82, 2.24) is 14.8 Å². The van der Waals surface area contributed by atoms with E-state index in [1.54, 1.807) is 53.5 Å². The topological polar surface area (TPSA) is 106 Å². The Labute approximate surface area is 156 Å². The minimum atomic E-state index is -3.31. The summed E-state index contributed by atoms with van der Waals surface area (Å²) in [5.74, 6) is -0.276. The fourth-order valence-electron chi connectivity index (χ4n) is 2.27. The molecule has 1 amide bonds. The molecule has 0 bridgehead atoms. The van der Waals surface area contributed by atoms with Crippen molar-refractivity contribution in [3.8, 4) is 5.69 Å². The Bertz CT molecular complexity index is 1040. The van der Waals surface area contributed by atoms with Gasteiger partial charge >= 0.3 is 0 Å². The zero-order valence-corrected chi connectivity index (χ0v) is 15.2. The molecule has 0 fully saturated rings. The molecule has 2 aromatic carbocycles. The zero-order chi connectivity index (χ0) is 19.3. The van der Waals surface area contributed by atoms with Crippen LogP contribution in [0.25, 0.3) is 11.8 Å². The lowest BCUT2D eigenvalue weighted by molar-refractivity contribution is -0.111. The molecule has 1 heterocycles. The number of hydrogen-bond acceptors (Lipinski definition) is 5. The second-order valence-corrected chi connectivity index (χ2v) is 7.45. The number of carbonyl (C=O) groups excluding carboxylic acids is 1. The van der Waals surface area contributed by atoms with Crippen molar-refractivity contribution in [2.45, 2.75) is 0 Å². The minimum Gasteiger partial charge on any atom is -0.323 e. The third-order valence-electron chi connectivity index (χ3n) is 3.46. The highest BCUT2D eigenvalue weighted by Crippen LogP contribution is 2.14. The number of benzene rings is 2. The van der Waals surface area contributed by atoms with Crippen LogP contribution in [0.3, 0.4) is 0 Å². The number of hydrogen-bond donors (Lipinski definition) is 2. The van der Waals surface area contributed by atoms with Crippen LogP contribution in [-0.2, 0) is 14.8 Å². The van der Waals surface area contributed by atoms with Crippen molar-refractivity contribution < 1.29 is 13.2 Å². The number of anilines is 2. The van der Waals surface area contributed by atoms with Crippen LogP contribution in [0.2, 0.25) is 0 Å². The number of rotatable bonds is 6. The Morgan fingerprint density at radius 2 is 1.70 bits per heavy atom. The summed E-state index contributed by atoms with van der Waals surface area (Å²) in [7, 11) is -3.31. The van der Waals surface area contributed by atoms with Crippen molar-refractivity contribution in [3.63, 3.8) is 0 Å². The van der Waals surface area contributed by atoms with E-state index in [-0.39, 0.29) is 5.91 Å². The third kappa shape index (κ3) is 5.51. The van der Waals surface area contributed by atoms with Crippen LogP contribution in [-0.4, -0.2) is 35.3 Å². The van der Waals surface area contributed by atoms with Crippen LogP contribution in [0, 0.1) is 0 Å². The van der Waals surface area contributed by atoms with Crippen LogP contribution >= 0.6 is 0 Å². The summed E-state index contributed by atoms with van der Waals surface area (Å²) < 4.78 is 26.4. The summed E-state index contributed by atoms with van der Waals surface area (Å²) in [6.45, 7) is 0. The molecule has 0 saturated heterocycles. The summed E-state index contributed by atoms with van der Waals surface area (Å²) in [4.78, 5) is 15.9. The molecule has 27 heavy (non-hydrogen) atoms. The van der Waals surface area contributed by atoms with E-state index in [0.29, 0.717) is 11.4 Å². The van der Waals surface area contributed by atoms with Gasteiger partial charge in [0, 0.05) is 17.5 Å². The van der Waals surface area contributed by atoms with Crippen molar-refractivity contribution in [3.05, 3.63) is 72.8 Å². The molecule has 3 rings (SSSR count). The lowest BCUT2D eigenvalue weighted by atomic mass is 10.2. The molecule has 0 atom stereocenters. The van der Waals surface area contributed by atoms with Crippen molar-refractivity contribution in [2.75, 3.05) is 16.3 Å². The molecular formula is C18H17N5O3S. The first kappa shape index (κ1) is 18.3. The van der Waals surface area contributed by atoms with Gasteiger partial charge < -0.3 is 5.32 Å².